The summed E-state index contributed by atoms with van der Waals surface area (Å²) < 4.78 is 0. The summed E-state index contributed by atoms with van der Waals surface area (Å²) in [4.78, 5) is 4.18. The van der Waals surface area contributed by atoms with Crippen molar-refractivity contribution in [1.29, 1.82) is 0 Å². The van der Waals surface area contributed by atoms with E-state index in [4.69, 9.17) is 0 Å². The summed E-state index contributed by atoms with van der Waals surface area (Å²) in [6, 6.07) is 0.517. The average Bonchev–Trinajstić information content (AvgIpc) is 2.03. The van der Waals surface area contributed by atoms with Crippen LogP contribution in [0.2, 0.25) is 0 Å². The van der Waals surface area contributed by atoms with Crippen molar-refractivity contribution in [2.75, 3.05) is 0 Å². The Morgan fingerprint density at radius 2 is 1.90 bits per heavy atom. The van der Waals surface area contributed by atoms with Gasteiger partial charge in [-0.1, -0.05) is 25.0 Å². The summed E-state index contributed by atoms with van der Waals surface area (Å²) in [6.07, 6.45) is 6.49. The lowest BCUT2D eigenvalue weighted by Crippen LogP contribution is -2.08. The second-order valence-electron chi connectivity index (χ2n) is 2.71. The van der Waals surface area contributed by atoms with E-state index in [2.05, 4.69) is 23.2 Å². The van der Waals surface area contributed by atoms with Gasteiger partial charge < -0.3 is 0 Å². The Labute approximate surface area is 62.2 Å². The van der Waals surface area contributed by atoms with Crippen LogP contribution in [-0.4, -0.2) is 11.9 Å². The average molecular weight is 135 g/mol. The van der Waals surface area contributed by atoms with E-state index in [0.717, 1.165) is 0 Å². The van der Waals surface area contributed by atoms with Gasteiger partial charge in [-0.3, -0.25) is 0 Å². The van der Waals surface area contributed by atoms with Crippen molar-refractivity contribution in [2.45, 2.75) is 38.1 Å². The molecular formula is C9H13N. The molecule has 0 aromatic rings. The fraction of sp³-hybridized carbons (Fsp3) is 0.667. The first-order valence-electron chi connectivity index (χ1n) is 3.90. The molecule has 1 rings (SSSR count). The van der Waals surface area contributed by atoms with Gasteiger partial charge in [-0.05, 0) is 19.4 Å². The lowest BCUT2D eigenvalue weighted by molar-refractivity contribution is 0.445. The van der Waals surface area contributed by atoms with Crippen LogP contribution in [0.5, 0.6) is 0 Å². The van der Waals surface area contributed by atoms with Gasteiger partial charge >= 0.3 is 0 Å². The van der Waals surface area contributed by atoms with Crippen molar-refractivity contribution >= 4 is 5.87 Å². The van der Waals surface area contributed by atoms with Gasteiger partial charge in [-0.2, -0.15) is 0 Å². The molecule has 0 aromatic heterocycles. The predicted molar refractivity (Wildman–Crippen MR) is 43.4 cm³/mol. The highest BCUT2D eigenvalue weighted by atomic mass is 14.7. The molecule has 0 spiro atoms. The first-order valence-corrected chi connectivity index (χ1v) is 3.90. The van der Waals surface area contributed by atoms with Crippen LogP contribution in [0.15, 0.2) is 17.3 Å². The van der Waals surface area contributed by atoms with Gasteiger partial charge in [0.25, 0.3) is 0 Å². The van der Waals surface area contributed by atoms with E-state index in [-0.39, 0.29) is 0 Å². The van der Waals surface area contributed by atoms with E-state index in [0.29, 0.717) is 6.04 Å². The molecule has 10 heavy (non-hydrogen) atoms. The number of hydrogen-bond acceptors (Lipinski definition) is 1. The molecule has 1 aliphatic carbocycles. The molecule has 0 N–H and O–H groups in total. The smallest absolute Gasteiger partial charge is 0.0600 e. The SMILES string of the molecule is C=C=C=NC1CCCCC1. The number of nitrogens with zero attached hydrogens (tertiary/aromatic N) is 1. The second-order valence-corrected chi connectivity index (χ2v) is 2.71. The van der Waals surface area contributed by atoms with Gasteiger partial charge in [-0.15, -0.1) is 0 Å². The van der Waals surface area contributed by atoms with E-state index in [1.165, 1.54) is 32.1 Å². The first kappa shape index (κ1) is 7.34. The Bertz CT molecular complexity index is 165. The van der Waals surface area contributed by atoms with Crippen LogP contribution < -0.4 is 0 Å². The molecule has 1 nitrogen and oxygen atoms in total. The number of hydrogen-bond donors (Lipinski definition) is 0. The summed E-state index contributed by atoms with van der Waals surface area (Å²) >= 11 is 0. The van der Waals surface area contributed by atoms with E-state index < -0.39 is 0 Å². The van der Waals surface area contributed by atoms with Crippen molar-refractivity contribution in [3.8, 4) is 0 Å². The molecular weight excluding hydrogens is 122 g/mol. The Balaban J connectivity index is 2.39. The third kappa shape index (κ3) is 2.23. The van der Waals surface area contributed by atoms with E-state index in [1.807, 2.05) is 0 Å². The van der Waals surface area contributed by atoms with Crippen molar-refractivity contribution in [2.24, 2.45) is 4.99 Å². The van der Waals surface area contributed by atoms with Gasteiger partial charge in [-0.25, -0.2) is 4.99 Å². The van der Waals surface area contributed by atoms with E-state index in [1.54, 1.807) is 0 Å². The molecule has 0 amide bonds. The number of aliphatic imine (C=N–C) groups is 1. The van der Waals surface area contributed by atoms with Gasteiger partial charge in [0.15, 0.2) is 0 Å². The highest BCUT2D eigenvalue weighted by Crippen LogP contribution is 2.19. The normalized spacial score (nSPS) is 19.2. The van der Waals surface area contributed by atoms with Crippen molar-refractivity contribution in [1.82, 2.24) is 0 Å². The van der Waals surface area contributed by atoms with Crippen LogP contribution in [0.25, 0.3) is 0 Å². The molecule has 54 valence electrons. The van der Waals surface area contributed by atoms with Crippen molar-refractivity contribution in [3.05, 3.63) is 12.3 Å². The highest BCUT2D eigenvalue weighted by Gasteiger charge is 2.10. The van der Waals surface area contributed by atoms with Crippen molar-refractivity contribution in [3.63, 3.8) is 0 Å². The summed E-state index contributed by atoms with van der Waals surface area (Å²) in [6.45, 7) is 3.42. The topological polar surface area (TPSA) is 12.4 Å². The molecule has 1 aliphatic rings. The monoisotopic (exact) mass is 135 g/mol. The summed E-state index contributed by atoms with van der Waals surface area (Å²) in [5, 5.41) is 0. The van der Waals surface area contributed by atoms with Gasteiger partial charge in [0, 0.05) is 5.87 Å². The largest absolute Gasteiger partial charge is 0.232 e. The molecule has 0 atom stereocenters. The highest BCUT2D eigenvalue weighted by molar-refractivity contribution is 5.49. The van der Waals surface area contributed by atoms with Crippen LogP contribution in [0.4, 0.5) is 0 Å². The molecule has 0 saturated heterocycles. The van der Waals surface area contributed by atoms with Gasteiger partial charge in [0.2, 0.25) is 0 Å². The standard InChI is InChI=1S/C9H13N/c1-2-8-10-9-6-4-3-5-7-9/h9H,1,3-7H2. The van der Waals surface area contributed by atoms with E-state index >= 15 is 0 Å². The fourth-order valence-electron chi connectivity index (χ4n) is 1.35. The molecule has 0 bridgehead atoms. The predicted octanol–water partition coefficient (Wildman–Crippen LogP) is 2.33. The summed E-state index contributed by atoms with van der Waals surface area (Å²) in [5.74, 6) is 2.68. The molecule has 0 radical (unpaired) electrons. The molecule has 0 unspecified atom stereocenters. The van der Waals surface area contributed by atoms with Crippen LogP contribution in [0.3, 0.4) is 0 Å². The third-order valence-corrected chi connectivity index (χ3v) is 1.90. The zero-order valence-electron chi connectivity index (χ0n) is 6.27. The Hall–Kier alpha value is -0.770. The molecule has 0 heterocycles. The molecule has 1 saturated carbocycles. The Morgan fingerprint density at radius 1 is 1.20 bits per heavy atom. The maximum atomic E-state index is 4.18. The third-order valence-electron chi connectivity index (χ3n) is 1.90. The van der Waals surface area contributed by atoms with Gasteiger partial charge in [0.1, 0.15) is 0 Å². The Kier molecular flexibility index (Phi) is 3.02. The second kappa shape index (κ2) is 4.11. The fourth-order valence-corrected chi connectivity index (χ4v) is 1.35. The zero-order chi connectivity index (χ0) is 7.23. The van der Waals surface area contributed by atoms with Gasteiger partial charge in [0.05, 0.1) is 6.04 Å². The minimum atomic E-state index is 0.517. The molecule has 1 fully saturated rings. The number of rotatable bonds is 1. The van der Waals surface area contributed by atoms with Crippen LogP contribution in [0.1, 0.15) is 32.1 Å². The summed E-state index contributed by atoms with van der Waals surface area (Å²) in [5.41, 5.74) is 2.55. The minimum absolute atomic E-state index is 0.517. The van der Waals surface area contributed by atoms with E-state index in [9.17, 15) is 0 Å². The lowest BCUT2D eigenvalue weighted by Gasteiger charge is -2.15. The maximum absolute atomic E-state index is 4.18. The quantitative estimate of drug-likeness (QED) is 0.386. The summed E-state index contributed by atoms with van der Waals surface area (Å²) in [7, 11) is 0. The minimum Gasteiger partial charge on any atom is -0.232 e. The van der Waals surface area contributed by atoms with Crippen molar-refractivity contribution < 1.29 is 0 Å². The Morgan fingerprint density at radius 3 is 2.50 bits per heavy atom. The maximum Gasteiger partial charge on any atom is 0.0600 e. The van der Waals surface area contributed by atoms with Crippen LogP contribution >= 0.6 is 0 Å². The van der Waals surface area contributed by atoms with Crippen LogP contribution in [0, 0.1) is 0 Å². The molecule has 0 aliphatic heterocycles. The zero-order valence-corrected chi connectivity index (χ0v) is 6.27. The first-order chi connectivity index (χ1) is 4.93. The molecule has 1 heteroatoms. The molecule has 0 aromatic carbocycles. The van der Waals surface area contributed by atoms with Crippen LogP contribution in [-0.2, 0) is 0 Å². The lowest BCUT2D eigenvalue weighted by atomic mass is 9.96.